The van der Waals surface area contributed by atoms with Gasteiger partial charge >= 0.3 is 0 Å². The van der Waals surface area contributed by atoms with E-state index in [0.29, 0.717) is 29.9 Å². The predicted octanol–water partition coefficient (Wildman–Crippen LogP) is 5.35. The first-order chi connectivity index (χ1) is 21.2. The SMILES string of the molecule is CC(C)(C)c1ccc(CNCCCCNCCCNCCCC(=O)NCc2ccc(C(=O)Nc3ccccc3N)cc2)cc1. The van der Waals surface area contributed by atoms with Gasteiger partial charge in [0.15, 0.2) is 0 Å². The Morgan fingerprint density at radius 1 is 0.659 bits per heavy atom. The fourth-order valence-corrected chi connectivity index (χ4v) is 4.69. The number of amides is 2. The van der Waals surface area contributed by atoms with Crippen molar-refractivity contribution in [3.63, 3.8) is 0 Å². The molecule has 238 valence electrons. The minimum Gasteiger partial charge on any atom is -0.397 e. The number of carbonyl (C=O) groups excluding carboxylic acids is 2. The molecule has 0 spiro atoms. The summed E-state index contributed by atoms with van der Waals surface area (Å²) in [5.41, 5.74) is 11.4. The first-order valence-electron chi connectivity index (χ1n) is 16.0. The second-order valence-electron chi connectivity index (χ2n) is 12.3. The molecule has 0 radical (unpaired) electrons. The Bertz CT molecular complexity index is 1270. The maximum Gasteiger partial charge on any atom is 0.255 e. The van der Waals surface area contributed by atoms with Crippen molar-refractivity contribution >= 4 is 23.2 Å². The van der Waals surface area contributed by atoms with Gasteiger partial charge in [-0.05, 0) is 105 Å². The third kappa shape index (κ3) is 13.3. The molecule has 7 N–H and O–H groups in total. The molecule has 0 fully saturated rings. The molecule has 3 rings (SSSR count). The van der Waals surface area contributed by atoms with E-state index in [9.17, 15) is 9.59 Å². The Balaban J connectivity index is 1.11. The van der Waals surface area contributed by atoms with Crippen LogP contribution in [-0.4, -0.2) is 44.5 Å². The molecule has 0 aliphatic heterocycles. The van der Waals surface area contributed by atoms with Crippen LogP contribution in [0.15, 0.2) is 72.8 Å². The Morgan fingerprint density at radius 2 is 1.23 bits per heavy atom. The molecule has 2 amide bonds. The van der Waals surface area contributed by atoms with Crippen LogP contribution in [0.5, 0.6) is 0 Å². The van der Waals surface area contributed by atoms with Crippen LogP contribution in [0, 0.1) is 0 Å². The summed E-state index contributed by atoms with van der Waals surface area (Å²) in [4.78, 5) is 24.7. The molecule has 0 saturated heterocycles. The standard InChI is InChI=1S/C36H52N6O2/c1-36(2,3)31-19-15-28(16-20-31)26-40-22-7-6-21-38-24-9-25-39-23-8-12-34(43)41-27-29-13-17-30(18-14-29)35(44)42-33-11-5-4-10-32(33)37/h4-5,10-11,13-20,38-40H,6-9,12,21-27,37H2,1-3H3,(H,41,43)(H,42,44). The molecule has 3 aromatic carbocycles. The van der Waals surface area contributed by atoms with Gasteiger partial charge in [-0.25, -0.2) is 0 Å². The van der Waals surface area contributed by atoms with Crippen LogP contribution in [0.4, 0.5) is 11.4 Å². The lowest BCUT2D eigenvalue weighted by molar-refractivity contribution is -0.121. The minimum absolute atomic E-state index is 0.0303. The van der Waals surface area contributed by atoms with E-state index in [1.165, 1.54) is 24.0 Å². The zero-order chi connectivity index (χ0) is 31.6. The number of nitrogens with one attached hydrogen (secondary N) is 5. The molecule has 0 saturated carbocycles. The summed E-state index contributed by atoms with van der Waals surface area (Å²) in [5, 5.41) is 16.3. The van der Waals surface area contributed by atoms with E-state index < -0.39 is 0 Å². The number of benzene rings is 3. The molecule has 0 bridgehead atoms. The molecule has 0 aliphatic carbocycles. The van der Waals surface area contributed by atoms with E-state index in [1.807, 2.05) is 24.3 Å². The molecule has 44 heavy (non-hydrogen) atoms. The van der Waals surface area contributed by atoms with Crippen LogP contribution < -0.4 is 32.3 Å². The van der Waals surface area contributed by atoms with Crippen molar-refractivity contribution in [2.45, 2.75) is 71.4 Å². The smallest absolute Gasteiger partial charge is 0.255 e. The lowest BCUT2D eigenvalue weighted by Crippen LogP contribution is -2.26. The lowest BCUT2D eigenvalue weighted by atomic mass is 9.87. The highest BCUT2D eigenvalue weighted by atomic mass is 16.2. The van der Waals surface area contributed by atoms with E-state index in [-0.39, 0.29) is 17.2 Å². The Kier molecular flexibility index (Phi) is 14.9. The van der Waals surface area contributed by atoms with Gasteiger partial charge in [0.25, 0.3) is 5.91 Å². The third-order valence-corrected chi connectivity index (χ3v) is 7.49. The maximum atomic E-state index is 12.5. The average Bonchev–Trinajstić information content (AvgIpc) is 3.01. The number of nitrogen functional groups attached to an aromatic ring is 1. The molecule has 0 aromatic heterocycles. The van der Waals surface area contributed by atoms with Crippen LogP contribution in [0.3, 0.4) is 0 Å². The Labute approximate surface area is 264 Å². The van der Waals surface area contributed by atoms with Crippen molar-refractivity contribution in [2.75, 3.05) is 43.8 Å². The summed E-state index contributed by atoms with van der Waals surface area (Å²) in [6.45, 7) is 12.9. The lowest BCUT2D eigenvalue weighted by Gasteiger charge is -2.19. The van der Waals surface area contributed by atoms with Crippen LogP contribution in [-0.2, 0) is 23.3 Å². The zero-order valence-corrected chi connectivity index (χ0v) is 26.8. The summed E-state index contributed by atoms with van der Waals surface area (Å²) < 4.78 is 0. The summed E-state index contributed by atoms with van der Waals surface area (Å²) in [6, 6.07) is 23.3. The molecule has 0 atom stereocenters. The second kappa shape index (κ2) is 18.8. The summed E-state index contributed by atoms with van der Waals surface area (Å²) in [7, 11) is 0. The normalized spacial score (nSPS) is 11.3. The van der Waals surface area contributed by atoms with E-state index in [2.05, 4.69) is 71.6 Å². The number of unbranched alkanes of at least 4 members (excludes halogenated alkanes) is 1. The number of hydrogen-bond donors (Lipinski definition) is 6. The summed E-state index contributed by atoms with van der Waals surface area (Å²) in [6.07, 6.45) is 4.69. The second-order valence-corrected chi connectivity index (χ2v) is 12.3. The van der Waals surface area contributed by atoms with Crippen molar-refractivity contribution in [1.82, 2.24) is 21.3 Å². The fraction of sp³-hybridized carbons (Fsp3) is 0.444. The van der Waals surface area contributed by atoms with Crippen LogP contribution in [0.25, 0.3) is 0 Å². The highest BCUT2D eigenvalue weighted by molar-refractivity contribution is 6.05. The van der Waals surface area contributed by atoms with Crippen molar-refractivity contribution in [1.29, 1.82) is 0 Å². The fourth-order valence-electron chi connectivity index (χ4n) is 4.69. The van der Waals surface area contributed by atoms with Gasteiger partial charge in [0.05, 0.1) is 11.4 Å². The van der Waals surface area contributed by atoms with Gasteiger partial charge in [-0.2, -0.15) is 0 Å². The van der Waals surface area contributed by atoms with Crippen LogP contribution >= 0.6 is 0 Å². The van der Waals surface area contributed by atoms with E-state index in [1.54, 1.807) is 24.3 Å². The number of para-hydroxylation sites is 2. The van der Waals surface area contributed by atoms with E-state index in [0.717, 1.165) is 57.7 Å². The molecule has 8 nitrogen and oxygen atoms in total. The average molecular weight is 601 g/mol. The monoisotopic (exact) mass is 600 g/mol. The van der Waals surface area contributed by atoms with E-state index in [4.69, 9.17) is 5.73 Å². The van der Waals surface area contributed by atoms with Gasteiger partial charge in [-0.3, -0.25) is 9.59 Å². The van der Waals surface area contributed by atoms with Crippen LogP contribution in [0.1, 0.15) is 79.9 Å². The number of rotatable bonds is 19. The van der Waals surface area contributed by atoms with Gasteiger partial charge < -0.3 is 32.3 Å². The summed E-state index contributed by atoms with van der Waals surface area (Å²) >= 11 is 0. The van der Waals surface area contributed by atoms with Crippen molar-refractivity contribution in [3.8, 4) is 0 Å². The van der Waals surface area contributed by atoms with Gasteiger partial charge in [-0.1, -0.05) is 69.3 Å². The maximum absolute atomic E-state index is 12.5. The molecule has 3 aromatic rings. The minimum atomic E-state index is -0.223. The van der Waals surface area contributed by atoms with Crippen LogP contribution in [0.2, 0.25) is 0 Å². The van der Waals surface area contributed by atoms with Crippen molar-refractivity contribution < 1.29 is 9.59 Å². The first-order valence-corrected chi connectivity index (χ1v) is 16.0. The molecular weight excluding hydrogens is 548 g/mol. The van der Waals surface area contributed by atoms with Crippen molar-refractivity contribution in [2.24, 2.45) is 0 Å². The number of carbonyl (C=O) groups is 2. The molecular formula is C36H52N6O2. The van der Waals surface area contributed by atoms with Crippen molar-refractivity contribution in [3.05, 3.63) is 95.1 Å². The van der Waals surface area contributed by atoms with Gasteiger partial charge in [0.2, 0.25) is 5.91 Å². The van der Waals surface area contributed by atoms with E-state index >= 15 is 0 Å². The third-order valence-electron chi connectivity index (χ3n) is 7.49. The van der Waals surface area contributed by atoms with Gasteiger partial charge in [0, 0.05) is 25.1 Å². The summed E-state index contributed by atoms with van der Waals surface area (Å²) in [5.74, 6) is -0.193. The Morgan fingerprint density at radius 3 is 1.89 bits per heavy atom. The van der Waals surface area contributed by atoms with Gasteiger partial charge in [0.1, 0.15) is 0 Å². The number of nitrogens with two attached hydrogens (primary N) is 1. The first kappa shape index (κ1) is 34.8. The Hall–Kier alpha value is -3.72. The predicted molar refractivity (Wildman–Crippen MR) is 183 cm³/mol. The molecule has 8 heteroatoms. The highest BCUT2D eigenvalue weighted by Crippen LogP contribution is 2.22. The zero-order valence-electron chi connectivity index (χ0n) is 26.8. The largest absolute Gasteiger partial charge is 0.397 e. The van der Waals surface area contributed by atoms with Gasteiger partial charge in [-0.15, -0.1) is 0 Å². The molecule has 0 unspecified atom stereocenters. The topological polar surface area (TPSA) is 120 Å². The molecule has 0 heterocycles. The molecule has 0 aliphatic rings. The highest BCUT2D eigenvalue weighted by Gasteiger charge is 2.12. The number of anilines is 2. The quantitative estimate of drug-likeness (QED) is 0.0815. The number of hydrogen-bond acceptors (Lipinski definition) is 6.